The van der Waals surface area contributed by atoms with Crippen LogP contribution in [0.2, 0.25) is 0 Å². The van der Waals surface area contributed by atoms with E-state index in [2.05, 4.69) is 25.9 Å². The van der Waals surface area contributed by atoms with Crippen molar-refractivity contribution in [3.8, 4) is 0 Å². The van der Waals surface area contributed by atoms with Crippen molar-refractivity contribution in [3.05, 3.63) is 18.2 Å². The molecule has 4 amide bonds. The van der Waals surface area contributed by atoms with Crippen LogP contribution in [0.25, 0.3) is 0 Å². The summed E-state index contributed by atoms with van der Waals surface area (Å²) in [5.74, 6) is -6.00. The number of aliphatic carboxylic acids is 2. The molecule has 0 aliphatic carbocycles. The first-order valence-electron chi connectivity index (χ1n) is 11.7. The van der Waals surface area contributed by atoms with Crippen LogP contribution in [0.1, 0.15) is 51.6 Å². The molecule has 5 unspecified atom stereocenters. The topological polar surface area (TPSA) is 260 Å². The summed E-state index contributed by atoms with van der Waals surface area (Å²) < 4.78 is 0. The Morgan fingerprint density at radius 2 is 1.62 bits per heavy atom. The highest BCUT2D eigenvalue weighted by Crippen LogP contribution is 2.11. The number of primary amides is 1. The molecular weight excluding hydrogens is 490 g/mol. The fourth-order valence-electron chi connectivity index (χ4n) is 3.28. The van der Waals surface area contributed by atoms with Crippen LogP contribution in [0.3, 0.4) is 0 Å². The van der Waals surface area contributed by atoms with Crippen LogP contribution in [0.5, 0.6) is 0 Å². The van der Waals surface area contributed by atoms with Gasteiger partial charge in [0.2, 0.25) is 23.6 Å². The summed E-state index contributed by atoms with van der Waals surface area (Å²) in [6, 6.07) is -4.98. The molecule has 1 aromatic rings. The number of nitrogens with two attached hydrogens (primary N) is 2. The predicted molar refractivity (Wildman–Crippen MR) is 128 cm³/mol. The minimum Gasteiger partial charge on any atom is -0.481 e. The molecule has 37 heavy (non-hydrogen) atoms. The van der Waals surface area contributed by atoms with Crippen LogP contribution in [0, 0.1) is 5.92 Å². The van der Waals surface area contributed by atoms with Crippen LogP contribution < -0.4 is 27.4 Å². The Kier molecular flexibility index (Phi) is 12.7. The molecule has 0 aliphatic heterocycles. The Morgan fingerprint density at radius 1 is 0.973 bits per heavy atom. The molecule has 15 heteroatoms. The van der Waals surface area contributed by atoms with E-state index in [0.717, 1.165) is 0 Å². The number of aromatic nitrogens is 2. The third kappa shape index (κ3) is 11.1. The lowest BCUT2D eigenvalue weighted by atomic mass is 9.96. The van der Waals surface area contributed by atoms with Crippen molar-refractivity contribution >= 4 is 35.6 Å². The Morgan fingerprint density at radius 3 is 2.14 bits per heavy atom. The van der Waals surface area contributed by atoms with E-state index in [4.69, 9.17) is 16.6 Å². The fourth-order valence-corrected chi connectivity index (χ4v) is 3.28. The van der Waals surface area contributed by atoms with Crippen molar-refractivity contribution in [3.63, 3.8) is 0 Å². The molecule has 0 fully saturated rings. The smallest absolute Gasteiger partial charge is 0.326 e. The highest BCUT2D eigenvalue weighted by molar-refractivity contribution is 5.94. The number of rotatable bonds is 17. The number of amides is 4. The van der Waals surface area contributed by atoms with Gasteiger partial charge < -0.3 is 42.6 Å². The van der Waals surface area contributed by atoms with E-state index in [1.54, 1.807) is 13.8 Å². The Balaban J connectivity index is 3.06. The summed E-state index contributed by atoms with van der Waals surface area (Å²) in [7, 11) is 0. The zero-order valence-electron chi connectivity index (χ0n) is 20.7. The monoisotopic (exact) mass is 525 g/mol. The molecule has 10 N–H and O–H groups in total. The number of carboxylic acid groups (broad SMARTS) is 2. The molecule has 5 atom stereocenters. The summed E-state index contributed by atoms with van der Waals surface area (Å²) in [4.78, 5) is 78.7. The Bertz CT molecular complexity index is 953. The van der Waals surface area contributed by atoms with Gasteiger partial charge in [-0.3, -0.25) is 24.0 Å². The highest BCUT2D eigenvalue weighted by atomic mass is 16.4. The predicted octanol–water partition coefficient (Wildman–Crippen LogP) is -2.01. The molecule has 0 bridgehead atoms. The first-order chi connectivity index (χ1) is 17.3. The number of nitrogens with one attached hydrogen (secondary N) is 4. The zero-order valence-corrected chi connectivity index (χ0v) is 20.7. The fraction of sp³-hybridized carbons (Fsp3) is 0.591. The third-order valence-electron chi connectivity index (χ3n) is 5.71. The normalized spacial score (nSPS) is 14.9. The van der Waals surface area contributed by atoms with E-state index >= 15 is 0 Å². The number of H-pyrrole nitrogens is 1. The van der Waals surface area contributed by atoms with Gasteiger partial charge in [0.15, 0.2) is 0 Å². The summed E-state index contributed by atoms with van der Waals surface area (Å²) in [5.41, 5.74) is 11.4. The van der Waals surface area contributed by atoms with Crippen molar-refractivity contribution in [2.24, 2.45) is 17.4 Å². The average Bonchev–Trinajstić information content (AvgIpc) is 3.34. The van der Waals surface area contributed by atoms with Crippen molar-refractivity contribution in [1.29, 1.82) is 0 Å². The van der Waals surface area contributed by atoms with Crippen molar-refractivity contribution in [1.82, 2.24) is 25.9 Å². The Hall–Kier alpha value is -4.01. The number of carbonyl (C=O) groups excluding carboxylic acids is 4. The summed E-state index contributed by atoms with van der Waals surface area (Å²) >= 11 is 0. The number of aromatic amines is 1. The lowest BCUT2D eigenvalue weighted by molar-refractivity contribution is -0.143. The number of hydrogen-bond acceptors (Lipinski definition) is 8. The molecular formula is C22H35N7O8. The van der Waals surface area contributed by atoms with E-state index < -0.39 is 72.1 Å². The maximum atomic E-state index is 13.2. The van der Waals surface area contributed by atoms with Crippen LogP contribution in [-0.4, -0.2) is 79.9 Å². The second kappa shape index (κ2) is 15.2. The molecule has 0 saturated heterocycles. The lowest BCUT2D eigenvalue weighted by Crippen LogP contribution is -2.59. The van der Waals surface area contributed by atoms with Crippen LogP contribution in [0.15, 0.2) is 12.5 Å². The van der Waals surface area contributed by atoms with Gasteiger partial charge in [-0.15, -0.1) is 0 Å². The van der Waals surface area contributed by atoms with Gasteiger partial charge in [-0.05, 0) is 18.8 Å². The molecule has 0 aromatic carbocycles. The van der Waals surface area contributed by atoms with Gasteiger partial charge in [0.05, 0.1) is 12.4 Å². The van der Waals surface area contributed by atoms with Gasteiger partial charge in [-0.1, -0.05) is 20.3 Å². The second-order valence-corrected chi connectivity index (χ2v) is 8.66. The summed E-state index contributed by atoms with van der Waals surface area (Å²) in [6.45, 7) is 3.43. The molecule has 0 saturated carbocycles. The molecule has 1 aromatic heterocycles. The van der Waals surface area contributed by atoms with E-state index in [9.17, 15) is 33.9 Å². The molecule has 1 heterocycles. The standard InChI is InChI=1S/C22H35N7O8/c1-3-11(2)18(21(35)27-14(22(36)37)5-7-17(31)32)29-20(34)15(8-12-9-25-10-26-12)28-19(33)13(23)4-6-16(24)30/h9-11,13-15,18H,3-8,23H2,1-2H3,(H2,24,30)(H,25,26)(H,27,35)(H,28,33)(H,29,34)(H,31,32)(H,36,37). The lowest BCUT2D eigenvalue weighted by Gasteiger charge is -2.28. The van der Waals surface area contributed by atoms with Gasteiger partial charge in [0.1, 0.15) is 18.1 Å². The SMILES string of the molecule is CCC(C)C(NC(=O)C(Cc1cnc[nH]1)NC(=O)C(N)CCC(N)=O)C(=O)NC(CCC(=O)O)C(=O)O. The van der Waals surface area contributed by atoms with Gasteiger partial charge in [-0.25, -0.2) is 9.78 Å². The first-order valence-corrected chi connectivity index (χ1v) is 11.7. The maximum Gasteiger partial charge on any atom is 0.326 e. The molecule has 1 rings (SSSR count). The number of imidazole rings is 1. The molecule has 0 aliphatic rings. The van der Waals surface area contributed by atoms with E-state index in [1.165, 1.54) is 12.5 Å². The third-order valence-corrected chi connectivity index (χ3v) is 5.71. The van der Waals surface area contributed by atoms with Gasteiger partial charge >= 0.3 is 11.9 Å². The van der Waals surface area contributed by atoms with Gasteiger partial charge in [-0.2, -0.15) is 0 Å². The minimum absolute atomic E-state index is 0.0364. The average molecular weight is 526 g/mol. The van der Waals surface area contributed by atoms with Gasteiger partial charge in [0.25, 0.3) is 0 Å². The minimum atomic E-state index is -1.48. The summed E-state index contributed by atoms with van der Waals surface area (Å²) in [6.07, 6.45) is 2.22. The van der Waals surface area contributed by atoms with Gasteiger partial charge in [0, 0.05) is 31.2 Å². The Labute approximate surface area is 213 Å². The second-order valence-electron chi connectivity index (χ2n) is 8.66. The maximum absolute atomic E-state index is 13.2. The molecule has 0 radical (unpaired) electrons. The van der Waals surface area contributed by atoms with E-state index in [1.807, 2.05) is 0 Å². The number of carbonyl (C=O) groups is 6. The first kappa shape index (κ1) is 31.0. The van der Waals surface area contributed by atoms with Crippen LogP contribution >= 0.6 is 0 Å². The van der Waals surface area contributed by atoms with Crippen LogP contribution in [0.4, 0.5) is 0 Å². The number of carboxylic acids is 2. The molecule has 15 nitrogen and oxygen atoms in total. The number of hydrogen-bond donors (Lipinski definition) is 8. The van der Waals surface area contributed by atoms with Crippen molar-refractivity contribution in [2.45, 2.75) is 76.5 Å². The highest BCUT2D eigenvalue weighted by Gasteiger charge is 2.33. The zero-order chi connectivity index (χ0) is 28.1. The van der Waals surface area contributed by atoms with E-state index in [0.29, 0.717) is 12.1 Å². The van der Waals surface area contributed by atoms with Crippen LogP contribution in [-0.2, 0) is 35.2 Å². The van der Waals surface area contributed by atoms with Crippen molar-refractivity contribution < 1.29 is 39.0 Å². The van der Waals surface area contributed by atoms with Crippen molar-refractivity contribution in [2.75, 3.05) is 0 Å². The molecule has 206 valence electrons. The number of nitrogens with zero attached hydrogens (tertiary/aromatic N) is 1. The summed E-state index contributed by atoms with van der Waals surface area (Å²) in [5, 5.41) is 25.5. The largest absolute Gasteiger partial charge is 0.481 e. The molecule has 0 spiro atoms. The van der Waals surface area contributed by atoms with E-state index in [-0.39, 0.29) is 25.7 Å². The quantitative estimate of drug-likeness (QED) is 0.111.